The molecule has 0 spiro atoms. The molecule has 1 aromatic heterocycles. The molecule has 2 aromatic rings. The summed E-state index contributed by atoms with van der Waals surface area (Å²) >= 11 is 0. The molecule has 0 saturated carbocycles. The molecule has 3 aliphatic rings. The summed E-state index contributed by atoms with van der Waals surface area (Å²) in [5.41, 5.74) is 2.69. The maximum absolute atomic E-state index is 13.4. The number of aryl methyl sites for hydroxylation is 1. The van der Waals surface area contributed by atoms with Gasteiger partial charge in [0.05, 0.1) is 30.7 Å². The lowest BCUT2D eigenvalue weighted by molar-refractivity contribution is -0.133. The number of nitrogens with zero attached hydrogens (tertiary/aromatic N) is 6. The van der Waals surface area contributed by atoms with Crippen LogP contribution in [0.25, 0.3) is 5.69 Å². The van der Waals surface area contributed by atoms with Gasteiger partial charge in [-0.3, -0.25) is 19.6 Å². The number of benzene rings is 1. The van der Waals surface area contributed by atoms with Crippen LogP contribution in [0.4, 0.5) is 10.6 Å². The Labute approximate surface area is 174 Å². The molecule has 0 atom stereocenters. The highest BCUT2D eigenvalue weighted by atomic mass is 16.5. The Morgan fingerprint density at radius 2 is 1.97 bits per heavy atom. The van der Waals surface area contributed by atoms with Crippen molar-refractivity contribution < 1.29 is 14.3 Å². The van der Waals surface area contributed by atoms with Crippen molar-refractivity contribution in [3.05, 3.63) is 41.6 Å². The number of ether oxygens (including phenoxy) is 1. The molecule has 9 heteroatoms. The van der Waals surface area contributed by atoms with Crippen molar-refractivity contribution >= 4 is 23.6 Å². The number of aliphatic imine (C=N–C) groups is 1. The van der Waals surface area contributed by atoms with Crippen LogP contribution >= 0.6 is 0 Å². The molecular formula is C21H24N6O3. The van der Waals surface area contributed by atoms with Gasteiger partial charge in [-0.15, -0.1) is 0 Å². The minimum Gasteiger partial charge on any atom is -0.378 e. The number of amides is 3. The zero-order valence-corrected chi connectivity index (χ0v) is 17.0. The van der Waals surface area contributed by atoms with Crippen LogP contribution in [0, 0.1) is 6.92 Å². The predicted molar refractivity (Wildman–Crippen MR) is 111 cm³/mol. The van der Waals surface area contributed by atoms with Crippen LogP contribution in [0.2, 0.25) is 0 Å². The molecule has 3 amide bonds. The third-order valence-corrected chi connectivity index (χ3v) is 5.76. The average molecular weight is 408 g/mol. The first kappa shape index (κ1) is 18.8. The molecule has 1 saturated heterocycles. The van der Waals surface area contributed by atoms with Crippen LogP contribution in [0.1, 0.15) is 17.5 Å². The fourth-order valence-electron chi connectivity index (χ4n) is 4.19. The highest BCUT2D eigenvalue weighted by Crippen LogP contribution is 2.33. The van der Waals surface area contributed by atoms with Gasteiger partial charge in [-0.25, -0.2) is 9.48 Å². The quantitative estimate of drug-likeness (QED) is 0.769. The Hall–Kier alpha value is -3.20. The predicted octanol–water partition coefficient (Wildman–Crippen LogP) is 1.43. The summed E-state index contributed by atoms with van der Waals surface area (Å²) in [7, 11) is 0. The van der Waals surface area contributed by atoms with Gasteiger partial charge in [0.2, 0.25) is 5.91 Å². The minimum atomic E-state index is -0.224. The summed E-state index contributed by atoms with van der Waals surface area (Å²) in [6.45, 7) is 5.37. The Morgan fingerprint density at radius 1 is 1.17 bits per heavy atom. The lowest BCUT2D eigenvalue weighted by Crippen LogP contribution is -2.56. The fraction of sp³-hybridized carbons (Fsp3) is 0.429. The molecule has 0 bridgehead atoms. The maximum atomic E-state index is 13.4. The first-order valence-corrected chi connectivity index (χ1v) is 10.3. The van der Waals surface area contributed by atoms with E-state index in [2.05, 4.69) is 10.1 Å². The number of hydrogen-bond acceptors (Lipinski definition) is 5. The van der Waals surface area contributed by atoms with Gasteiger partial charge in [0.15, 0.2) is 5.82 Å². The Morgan fingerprint density at radius 3 is 2.77 bits per heavy atom. The molecular weight excluding hydrogens is 384 g/mol. The van der Waals surface area contributed by atoms with Crippen molar-refractivity contribution in [2.24, 2.45) is 4.99 Å². The molecule has 1 aromatic carbocycles. The Kier molecular flexibility index (Phi) is 4.74. The van der Waals surface area contributed by atoms with E-state index in [4.69, 9.17) is 4.74 Å². The van der Waals surface area contributed by atoms with E-state index < -0.39 is 0 Å². The molecule has 30 heavy (non-hydrogen) atoms. The second kappa shape index (κ2) is 7.56. The lowest BCUT2D eigenvalue weighted by atomic mass is 10.1. The molecule has 5 rings (SSSR count). The number of carbonyl (C=O) groups is 2. The third-order valence-electron chi connectivity index (χ3n) is 5.76. The number of para-hydroxylation sites is 1. The summed E-state index contributed by atoms with van der Waals surface area (Å²) in [5.74, 6) is 1.16. The van der Waals surface area contributed by atoms with Gasteiger partial charge in [0, 0.05) is 26.2 Å². The maximum Gasteiger partial charge on any atom is 0.331 e. The summed E-state index contributed by atoms with van der Waals surface area (Å²) in [6.07, 6.45) is 2.55. The van der Waals surface area contributed by atoms with Gasteiger partial charge in [-0.05, 0) is 25.0 Å². The van der Waals surface area contributed by atoms with E-state index in [0.717, 1.165) is 23.2 Å². The fourth-order valence-corrected chi connectivity index (χ4v) is 4.19. The van der Waals surface area contributed by atoms with Crippen molar-refractivity contribution in [1.82, 2.24) is 19.6 Å². The third kappa shape index (κ3) is 3.06. The smallest absolute Gasteiger partial charge is 0.331 e. The van der Waals surface area contributed by atoms with Crippen LogP contribution in [0.5, 0.6) is 0 Å². The Bertz CT molecular complexity index is 1020. The molecule has 9 nitrogen and oxygen atoms in total. The van der Waals surface area contributed by atoms with Crippen molar-refractivity contribution in [2.45, 2.75) is 13.3 Å². The number of hydrogen-bond donors (Lipinski definition) is 0. The van der Waals surface area contributed by atoms with Crippen molar-refractivity contribution in [3.63, 3.8) is 0 Å². The first-order chi connectivity index (χ1) is 14.6. The lowest BCUT2D eigenvalue weighted by Gasteiger charge is -2.38. The number of urea groups is 1. The summed E-state index contributed by atoms with van der Waals surface area (Å²) < 4.78 is 7.11. The number of amidine groups is 1. The molecule has 1 fully saturated rings. The van der Waals surface area contributed by atoms with E-state index in [0.29, 0.717) is 51.0 Å². The van der Waals surface area contributed by atoms with E-state index in [-0.39, 0.29) is 18.5 Å². The van der Waals surface area contributed by atoms with Gasteiger partial charge in [-0.2, -0.15) is 5.10 Å². The van der Waals surface area contributed by atoms with Gasteiger partial charge in [0.1, 0.15) is 12.4 Å². The number of aromatic nitrogens is 2. The number of rotatable bonds is 3. The van der Waals surface area contributed by atoms with Gasteiger partial charge < -0.3 is 9.64 Å². The average Bonchev–Trinajstić information content (AvgIpc) is 3.22. The highest BCUT2D eigenvalue weighted by molar-refractivity contribution is 6.19. The topological polar surface area (TPSA) is 83.3 Å². The SMILES string of the molecule is Cc1ccccc1-n1ncc2c1N(CC(=O)N1CCOCC1)C(=O)N1CCCN=C21. The largest absolute Gasteiger partial charge is 0.378 e. The van der Waals surface area contributed by atoms with Gasteiger partial charge >= 0.3 is 6.03 Å². The molecule has 0 radical (unpaired) electrons. The summed E-state index contributed by atoms with van der Waals surface area (Å²) in [6, 6.07) is 7.64. The Balaban J connectivity index is 1.59. The standard InChI is InChI=1S/C21H24N6O3/c1-15-5-2-3-6-17(15)27-20-16(13-23-27)19-22-7-4-8-25(19)21(29)26(20)14-18(28)24-9-11-30-12-10-24/h2-3,5-6,13H,4,7-12,14H2,1H3. The highest BCUT2D eigenvalue weighted by Gasteiger charge is 2.41. The number of anilines is 1. The van der Waals surface area contributed by atoms with Crippen LogP contribution in [-0.4, -0.2) is 83.3 Å². The van der Waals surface area contributed by atoms with Gasteiger partial charge in [-0.1, -0.05) is 18.2 Å². The molecule has 0 unspecified atom stereocenters. The zero-order chi connectivity index (χ0) is 20.7. The van der Waals surface area contributed by atoms with E-state index in [9.17, 15) is 9.59 Å². The van der Waals surface area contributed by atoms with Gasteiger partial charge in [0.25, 0.3) is 0 Å². The van der Waals surface area contributed by atoms with E-state index in [1.807, 2.05) is 31.2 Å². The van der Waals surface area contributed by atoms with Crippen molar-refractivity contribution in [1.29, 1.82) is 0 Å². The van der Waals surface area contributed by atoms with E-state index in [1.54, 1.807) is 25.6 Å². The van der Waals surface area contributed by atoms with Crippen molar-refractivity contribution in [2.75, 3.05) is 50.8 Å². The second-order valence-electron chi connectivity index (χ2n) is 7.65. The summed E-state index contributed by atoms with van der Waals surface area (Å²) in [4.78, 5) is 36.0. The monoisotopic (exact) mass is 408 g/mol. The number of morpholine rings is 1. The minimum absolute atomic E-state index is 0.0345. The second-order valence-corrected chi connectivity index (χ2v) is 7.65. The first-order valence-electron chi connectivity index (χ1n) is 10.3. The normalized spacial score (nSPS) is 18.8. The van der Waals surface area contributed by atoms with Crippen LogP contribution < -0.4 is 4.90 Å². The van der Waals surface area contributed by atoms with Crippen LogP contribution in [0.15, 0.2) is 35.5 Å². The molecule has 4 heterocycles. The molecule has 0 N–H and O–H groups in total. The summed E-state index contributed by atoms with van der Waals surface area (Å²) in [5, 5.41) is 4.59. The molecule has 0 aliphatic carbocycles. The van der Waals surface area contributed by atoms with E-state index >= 15 is 0 Å². The number of carbonyl (C=O) groups excluding carboxylic acids is 2. The van der Waals surface area contributed by atoms with Crippen molar-refractivity contribution in [3.8, 4) is 5.69 Å². The van der Waals surface area contributed by atoms with Crippen LogP contribution in [-0.2, 0) is 9.53 Å². The molecule has 156 valence electrons. The van der Waals surface area contributed by atoms with E-state index in [1.165, 1.54) is 0 Å². The van der Waals surface area contributed by atoms with Crippen LogP contribution in [0.3, 0.4) is 0 Å². The number of fused-ring (bicyclic) bond motifs is 3. The molecule has 3 aliphatic heterocycles. The zero-order valence-electron chi connectivity index (χ0n) is 17.0.